The first-order valence-corrected chi connectivity index (χ1v) is 19.0. The summed E-state index contributed by atoms with van der Waals surface area (Å²) >= 11 is 0. The molecule has 1 rings (SSSR count). The monoisotopic (exact) mass is 692 g/mol. The fourth-order valence-corrected chi connectivity index (χ4v) is 5.48. The van der Waals surface area contributed by atoms with Gasteiger partial charge in [0.1, 0.15) is 24.4 Å². The predicted octanol–water partition coefficient (Wildman–Crippen LogP) is 6.49. The molecule has 0 aromatic heterocycles. The quantitative estimate of drug-likeness (QED) is 0.0385. The van der Waals surface area contributed by atoms with Gasteiger partial charge >= 0.3 is 0 Å². The summed E-state index contributed by atoms with van der Waals surface area (Å²) in [4.78, 5) is 12.8. The highest BCUT2D eigenvalue weighted by molar-refractivity contribution is 5.76. The number of nitrogens with one attached hydrogen (secondary N) is 1. The van der Waals surface area contributed by atoms with Crippen molar-refractivity contribution in [3.05, 3.63) is 60.8 Å². The number of carbonyl (C=O) groups is 1. The van der Waals surface area contributed by atoms with E-state index >= 15 is 0 Å². The summed E-state index contributed by atoms with van der Waals surface area (Å²) in [5.41, 5.74) is 0. The Labute approximate surface area is 296 Å². The standard InChI is InChI=1S/C40H69NO8/c1-3-5-7-9-11-13-15-16-17-18-20-22-24-26-28-30-36(44)41-33(32-48-40-39(47)38(46)37(45)35(31-42)49-40)34(43)29-27-25-23-21-19-14-12-10-8-6-4-2/h5,7,11,13,16-17,19,21,27,29,33-35,37-40,42-43,45-47H,3-4,6,8-10,12,14-15,18,20,22-26,28,30-32H2,1-2H3,(H,41,44)/b7-5-,13-11-,17-16-,21-19+,29-27+. The van der Waals surface area contributed by atoms with E-state index in [4.69, 9.17) is 9.47 Å². The fraction of sp³-hybridized carbons (Fsp3) is 0.725. The molecule has 7 unspecified atom stereocenters. The average Bonchev–Trinajstić information content (AvgIpc) is 3.10. The van der Waals surface area contributed by atoms with Gasteiger partial charge in [-0.3, -0.25) is 4.79 Å². The molecule has 0 aromatic rings. The molecular formula is C40H69NO8. The van der Waals surface area contributed by atoms with Gasteiger partial charge in [-0.1, -0.05) is 120 Å². The number of aliphatic hydroxyl groups excluding tert-OH is 5. The molecule has 1 aliphatic rings. The molecule has 1 fully saturated rings. The molecule has 49 heavy (non-hydrogen) atoms. The zero-order valence-electron chi connectivity index (χ0n) is 30.4. The van der Waals surface area contributed by atoms with Crippen molar-refractivity contribution in [3.63, 3.8) is 0 Å². The molecule has 0 saturated carbocycles. The van der Waals surface area contributed by atoms with Crippen molar-refractivity contribution in [2.45, 2.75) is 172 Å². The van der Waals surface area contributed by atoms with Crippen LogP contribution in [0, 0.1) is 0 Å². The van der Waals surface area contributed by atoms with Crippen molar-refractivity contribution in [2.24, 2.45) is 0 Å². The molecule has 1 amide bonds. The first-order chi connectivity index (χ1) is 23.8. The molecule has 0 radical (unpaired) electrons. The second-order valence-corrected chi connectivity index (χ2v) is 13.0. The predicted molar refractivity (Wildman–Crippen MR) is 198 cm³/mol. The lowest BCUT2D eigenvalue weighted by Gasteiger charge is -2.40. The first kappa shape index (κ1) is 44.9. The number of hydrogen-bond donors (Lipinski definition) is 6. The maximum atomic E-state index is 12.8. The minimum Gasteiger partial charge on any atom is -0.394 e. The van der Waals surface area contributed by atoms with Crippen LogP contribution in [0.25, 0.3) is 0 Å². The third kappa shape index (κ3) is 22.4. The smallest absolute Gasteiger partial charge is 0.220 e. The number of ether oxygens (including phenoxy) is 2. The van der Waals surface area contributed by atoms with E-state index in [1.54, 1.807) is 6.08 Å². The van der Waals surface area contributed by atoms with Crippen LogP contribution in [0.2, 0.25) is 0 Å². The summed E-state index contributed by atoms with van der Waals surface area (Å²) < 4.78 is 11.1. The van der Waals surface area contributed by atoms with Gasteiger partial charge in [-0.2, -0.15) is 0 Å². The molecule has 1 aliphatic heterocycles. The summed E-state index contributed by atoms with van der Waals surface area (Å²) in [6, 6.07) is -0.829. The molecular weight excluding hydrogens is 622 g/mol. The number of aliphatic hydroxyl groups is 5. The number of carbonyl (C=O) groups excluding carboxylic acids is 1. The average molecular weight is 692 g/mol. The van der Waals surface area contributed by atoms with Gasteiger partial charge in [-0.25, -0.2) is 0 Å². The van der Waals surface area contributed by atoms with Crippen LogP contribution < -0.4 is 5.32 Å². The van der Waals surface area contributed by atoms with Gasteiger partial charge in [0, 0.05) is 6.42 Å². The molecule has 282 valence electrons. The molecule has 6 N–H and O–H groups in total. The van der Waals surface area contributed by atoms with Gasteiger partial charge in [0.2, 0.25) is 5.91 Å². The highest BCUT2D eigenvalue weighted by atomic mass is 16.7. The molecule has 0 spiro atoms. The first-order valence-electron chi connectivity index (χ1n) is 19.0. The van der Waals surface area contributed by atoms with E-state index in [0.29, 0.717) is 6.42 Å². The normalized spacial score (nSPS) is 23.1. The third-order valence-electron chi connectivity index (χ3n) is 8.58. The zero-order chi connectivity index (χ0) is 36.0. The molecule has 0 aromatic carbocycles. The molecule has 7 atom stereocenters. The maximum Gasteiger partial charge on any atom is 0.220 e. The number of amides is 1. The van der Waals surface area contributed by atoms with Crippen LogP contribution in [0.4, 0.5) is 0 Å². The highest BCUT2D eigenvalue weighted by Crippen LogP contribution is 2.22. The lowest BCUT2D eigenvalue weighted by molar-refractivity contribution is -0.302. The summed E-state index contributed by atoms with van der Waals surface area (Å²) in [5.74, 6) is -0.210. The molecule has 9 nitrogen and oxygen atoms in total. The van der Waals surface area contributed by atoms with E-state index in [1.165, 1.54) is 32.1 Å². The molecule has 9 heteroatoms. The van der Waals surface area contributed by atoms with Gasteiger partial charge in [-0.05, 0) is 64.2 Å². The van der Waals surface area contributed by atoms with E-state index in [2.05, 4.69) is 67.8 Å². The molecule has 0 bridgehead atoms. The van der Waals surface area contributed by atoms with Gasteiger partial charge < -0.3 is 40.3 Å². The summed E-state index contributed by atoms with van der Waals surface area (Å²) in [7, 11) is 0. The van der Waals surface area contributed by atoms with Crippen LogP contribution in [-0.4, -0.2) is 87.5 Å². The Morgan fingerprint density at radius 3 is 1.96 bits per heavy atom. The third-order valence-corrected chi connectivity index (χ3v) is 8.58. The summed E-state index contributed by atoms with van der Waals surface area (Å²) in [6.45, 7) is 3.56. The summed E-state index contributed by atoms with van der Waals surface area (Å²) in [6.07, 6.45) is 31.2. The Hall–Kier alpha value is -2.11. The Morgan fingerprint density at radius 1 is 0.714 bits per heavy atom. The minimum absolute atomic E-state index is 0.210. The number of allylic oxidation sites excluding steroid dienone is 9. The highest BCUT2D eigenvalue weighted by Gasteiger charge is 2.44. The van der Waals surface area contributed by atoms with Crippen molar-refractivity contribution in [1.29, 1.82) is 0 Å². The molecule has 1 saturated heterocycles. The minimum atomic E-state index is -1.57. The van der Waals surface area contributed by atoms with E-state index in [-0.39, 0.29) is 12.5 Å². The van der Waals surface area contributed by atoms with Gasteiger partial charge in [-0.15, -0.1) is 0 Å². The molecule has 1 heterocycles. The van der Waals surface area contributed by atoms with E-state index in [0.717, 1.165) is 77.0 Å². The number of rotatable bonds is 29. The van der Waals surface area contributed by atoms with Gasteiger partial charge in [0.05, 0.1) is 25.4 Å². The summed E-state index contributed by atoms with van der Waals surface area (Å²) in [5, 5.41) is 53.8. The Balaban J connectivity index is 2.49. The zero-order valence-corrected chi connectivity index (χ0v) is 30.4. The Kier molecular flexibility index (Phi) is 28.1. The van der Waals surface area contributed by atoms with Gasteiger partial charge in [0.15, 0.2) is 6.29 Å². The van der Waals surface area contributed by atoms with E-state index < -0.39 is 49.5 Å². The van der Waals surface area contributed by atoms with Crippen molar-refractivity contribution in [1.82, 2.24) is 5.32 Å². The van der Waals surface area contributed by atoms with Crippen molar-refractivity contribution in [2.75, 3.05) is 13.2 Å². The van der Waals surface area contributed by atoms with E-state index in [9.17, 15) is 30.3 Å². The number of hydrogen-bond acceptors (Lipinski definition) is 8. The fourth-order valence-electron chi connectivity index (χ4n) is 5.48. The molecule has 0 aliphatic carbocycles. The van der Waals surface area contributed by atoms with Crippen molar-refractivity contribution in [3.8, 4) is 0 Å². The van der Waals surface area contributed by atoms with Gasteiger partial charge in [0.25, 0.3) is 0 Å². The second-order valence-electron chi connectivity index (χ2n) is 13.0. The lowest BCUT2D eigenvalue weighted by Crippen LogP contribution is -2.60. The topological polar surface area (TPSA) is 149 Å². The largest absolute Gasteiger partial charge is 0.394 e. The van der Waals surface area contributed by atoms with Crippen molar-refractivity contribution >= 4 is 5.91 Å². The van der Waals surface area contributed by atoms with Crippen LogP contribution in [0.5, 0.6) is 0 Å². The van der Waals surface area contributed by atoms with Crippen LogP contribution >= 0.6 is 0 Å². The SMILES string of the molecule is CC/C=C\C/C=C\C/C=C\CCCCCCCC(=O)NC(COC1OC(CO)C(O)C(O)C1O)C(O)/C=C/CC/C=C/CCCCCCC. The lowest BCUT2D eigenvalue weighted by atomic mass is 9.99. The maximum absolute atomic E-state index is 12.8. The van der Waals surface area contributed by atoms with Crippen LogP contribution in [0.1, 0.15) is 129 Å². The second kappa shape index (κ2) is 30.7. The van der Waals surface area contributed by atoms with Crippen LogP contribution in [0.15, 0.2) is 60.8 Å². The van der Waals surface area contributed by atoms with Crippen LogP contribution in [0.3, 0.4) is 0 Å². The van der Waals surface area contributed by atoms with Crippen molar-refractivity contribution < 1.29 is 39.8 Å². The Morgan fingerprint density at radius 2 is 1.29 bits per heavy atom. The Bertz CT molecular complexity index is 947. The number of unbranched alkanes of at least 4 members (excludes halogenated alkanes) is 11. The van der Waals surface area contributed by atoms with E-state index in [1.807, 2.05) is 6.08 Å². The van der Waals surface area contributed by atoms with Crippen LogP contribution in [-0.2, 0) is 14.3 Å².